The molecule has 1 aliphatic carbocycles. The first-order valence-corrected chi connectivity index (χ1v) is 13.1. The molecule has 0 bridgehead atoms. The minimum Gasteiger partial charge on any atom is -0.463 e. The van der Waals surface area contributed by atoms with Crippen LogP contribution in [0.15, 0.2) is 35.1 Å². The summed E-state index contributed by atoms with van der Waals surface area (Å²) in [5, 5.41) is 6.12. The third kappa shape index (κ3) is 5.72. The lowest BCUT2D eigenvalue weighted by atomic mass is 9.95. The number of likely N-dealkylation sites (tertiary alicyclic amines) is 1. The van der Waals surface area contributed by atoms with Gasteiger partial charge >= 0.3 is 12.1 Å². The molecule has 1 saturated carbocycles. The first kappa shape index (κ1) is 25.8. The van der Waals surface area contributed by atoms with Gasteiger partial charge in [0, 0.05) is 38.2 Å². The largest absolute Gasteiger partial charge is 0.463 e. The maximum Gasteiger partial charge on any atom is 0.407 e. The highest BCUT2D eigenvalue weighted by Crippen LogP contribution is 2.40. The highest BCUT2D eigenvalue weighted by molar-refractivity contribution is 5.89. The average molecular weight is 521 g/mol. The smallest absolute Gasteiger partial charge is 0.407 e. The quantitative estimate of drug-likeness (QED) is 0.512. The molecule has 4 aliphatic heterocycles. The number of alkyl carbamates (subject to hydrolysis) is 1. The summed E-state index contributed by atoms with van der Waals surface area (Å²) >= 11 is 0. The number of rotatable bonds is 6. The van der Waals surface area contributed by atoms with Crippen molar-refractivity contribution in [1.29, 1.82) is 0 Å². The molecule has 3 atom stereocenters. The standard InChI is InChI=1S/C26H37FN4O6/c1-5-34-23(32)17-10-16-11-20(27)22(29-21(16)31(13-17)18-6-7-18)30-9-8-26(15-30)35-14-19(36-26)12-28-24(33)37-25(2,3)4/h11,13,18-19,21,29H,5-10,12,14-15H2,1-4H3,(H,28,33). The second-order valence-electron chi connectivity index (χ2n) is 11.2. The zero-order valence-corrected chi connectivity index (χ0v) is 22.0. The van der Waals surface area contributed by atoms with Gasteiger partial charge in [0.25, 0.3) is 0 Å². The number of esters is 1. The zero-order chi connectivity index (χ0) is 26.4. The van der Waals surface area contributed by atoms with Crippen LogP contribution in [0.3, 0.4) is 0 Å². The molecule has 4 heterocycles. The number of nitrogens with one attached hydrogen (secondary N) is 2. The third-order valence-corrected chi connectivity index (χ3v) is 6.96. The molecule has 11 heteroatoms. The van der Waals surface area contributed by atoms with Crippen molar-refractivity contribution < 1.29 is 32.9 Å². The van der Waals surface area contributed by atoms with Crippen molar-refractivity contribution in [3.05, 3.63) is 35.1 Å². The van der Waals surface area contributed by atoms with E-state index in [1.165, 1.54) is 0 Å². The molecular weight excluding hydrogens is 483 g/mol. The number of carbonyl (C=O) groups is 2. The van der Waals surface area contributed by atoms with Gasteiger partial charge in [-0.3, -0.25) is 0 Å². The fourth-order valence-corrected chi connectivity index (χ4v) is 5.20. The van der Waals surface area contributed by atoms with Crippen molar-refractivity contribution in [3.8, 4) is 0 Å². The van der Waals surface area contributed by atoms with Crippen LogP contribution in [-0.4, -0.2) is 84.4 Å². The van der Waals surface area contributed by atoms with Crippen LogP contribution < -0.4 is 10.6 Å². The van der Waals surface area contributed by atoms with E-state index in [0.29, 0.717) is 56.6 Å². The van der Waals surface area contributed by atoms with Gasteiger partial charge in [0.1, 0.15) is 23.7 Å². The fraction of sp³-hybridized carbons (Fsp3) is 0.692. The van der Waals surface area contributed by atoms with Gasteiger partial charge in [0.15, 0.2) is 11.6 Å². The van der Waals surface area contributed by atoms with E-state index >= 15 is 4.39 Å². The van der Waals surface area contributed by atoms with E-state index < -0.39 is 17.5 Å². The number of halogens is 1. The van der Waals surface area contributed by atoms with Crippen molar-refractivity contribution >= 4 is 12.1 Å². The van der Waals surface area contributed by atoms with Crippen LogP contribution in [0, 0.1) is 0 Å². The Morgan fingerprint density at radius 1 is 1.32 bits per heavy atom. The van der Waals surface area contributed by atoms with E-state index in [0.717, 1.165) is 18.4 Å². The number of amides is 1. The normalized spacial score (nSPS) is 29.5. The first-order chi connectivity index (χ1) is 17.6. The lowest BCUT2D eigenvalue weighted by molar-refractivity contribution is -0.155. The lowest BCUT2D eigenvalue weighted by Gasteiger charge is -2.42. The number of hydrogen-bond donors (Lipinski definition) is 2. The molecule has 5 rings (SSSR count). The average Bonchev–Trinajstić information content (AvgIpc) is 3.48. The van der Waals surface area contributed by atoms with Crippen LogP contribution in [0.1, 0.15) is 53.4 Å². The highest BCUT2D eigenvalue weighted by atomic mass is 19.1. The molecular formula is C26H37FN4O6. The number of ether oxygens (including phenoxy) is 4. The van der Waals surface area contributed by atoms with E-state index in [1.807, 2.05) is 31.9 Å². The molecule has 3 unspecified atom stereocenters. The van der Waals surface area contributed by atoms with E-state index in [2.05, 4.69) is 15.5 Å². The number of dihydropyridines is 1. The van der Waals surface area contributed by atoms with Gasteiger partial charge in [-0.15, -0.1) is 0 Å². The van der Waals surface area contributed by atoms with Crippen LogP contribution in [-0.2, 0) is 23.7 Å². The van der Waals surface area contributed by atoms with Gasteiger partial charge < -0.3 is 39.4 Å². The molecule has 1 amide bonds. The Labute approximate surface area is 216 Å². The summed E-state index contributed by atoms with van der Waals surface area (Å²) in [6.45, 7) is 9.04. The maximum absolute atomic E-state index is 15.4. The summed E-state index contributed by atoms with van der Waals surface area (Å²) in [4.78, 5) is 28.4. The minimum absolute atomic E-state index is 0.215. The second kappa shape index (κ2) is 9.83. The number of allylic oxidation sites excluding steroid dienone is 2. The predicted octanol–water partition coefficient (Wildman–Crippen LogP) is 2.64. The van der Waals surface area contributed by atoms with Gasteiger partial charge in [-0.1, -0.05) is 0 Å². The van der Waals surface area contributed by atoms with Gasteiger partial charge in [0.05, 0.1) is 25.3 Å². The van der Waals surface area contributed by atoms with Crippen LogP contribution in [0.2, 0.25) is 0 Å². The van der Waals surface area contributed by atoms with E-state index in [-0.39, 0.29) is 30.6 Å². The van der Waals surface area contributed by atoms with Crippen molar-refractivity contribution in [2.75, 3.05) is 32.8 Å². The van der Waals surface area contributed by atoms with Gasteiger partial charge in [-0.2, -0.15) is 0 Å². The summed E-state index contributed by atoms with van der Waals surface area (Å²) in [6, 6.07) is 0.317. The summed E-state index contributed by atoms with van der Waals surface area (Å²) in [5.74, 6) is -1.16. The Balaban J connectivity index is 1.22. The predicted molar refractivity (Wildman–Crippen MR) is 131 cm³/mol. The molecule has 0 aromatic heterocycles. The molecule has 10 nitrogen and oxygen atoms in total. The summed E-state index contributed by atoms with van der Waals surface area (Å²) < 4.78 is 38.1. The Hall–Kier alpha value is -2.79. The van der Waals surface area contributed by atoms with Crippen LogP contribution in [0.4, 0.5) is 9.18 Å². The van der Waals surface area contributed by atoms with Gasteiger partial charge in [-0.05, 0) is 52.2 Å². The fourth-order valence-electron chi connectivity index (χ4n) is 5.20. The SMILES string of the molecule is CCOC(=O)C1=CN(C2CC2)C2NC(N3CCC4(C3)OCC(CNC(=O)OC(C)(C)C)O4)=C(F)C=C2C1. The molecule has 5 aliphatic rings. The summed E-state index contributed by atoms with van der Waals surface area (Å²) in [5.41, 5.74) is 0.787. The highest BCUT2D eigenvalue weighted by Gasteiger charge is 2.49. The number of fused-ring (bicyclic) bond motifs is 1. The Kier molecular flexibility index (Phi) is 6.86. The van der Waals surface area contributed by atoms with Crippen molar-refractivity contribution in [3.63, 3.8) is 0 Å². The van der Waals surface area contributed by atoms with Crippen LogP contribution in [0.5, 0.6) is 0 Å². The molecule has 0 radical (unpaired) electrons. The van der Waals surface area contributed by atoms with Gasteiger partial charge in [0.2, 0.25) is 0 Å². The van der Waals surface area contributed by atoms with E-state index in [1.54, 1.807) is 13.0 Å². The Morgan fingerprint density at radius 2 is 2.11 bits per heavy atom. The zero-order valence-electron chi connectivity index (χ0n) is 22.0. The van der Waals surface area contributed by atoms with Crippen molar-refractivity contribution in [2.45, 2.75) is 83.1 Å². The number of nitrogens with zero attached hydrogens (tertiary/aromatic N) is 2. The Morgan fingerprint density at radius 3 is 2.81 bits per heavy atom. The molecule has 204 valence electrons. The maximum atomic E-state index is 15.4. The minimum atomic E-state index is -0.848. The monoisotopic (exact) mass is 520 g/mol. The molecule has 2 N–H and O–H groups in total. The Bertz CT molecular complexity index is 1030. The molecule has 1 spiro atoms. The third-order valence-electron chi connectivity index (χ3n) is 6.96. The summed E-state index contributed by atoms with van der Waals surface area (Å²) in [7, 11) is 0. The molecule has 3 fully saturated rings. The van der Waals surface area contributed by atoms with E-state index in [4.69, 9.17) is 18.9 Å². The van der Waals surface area contributed by atoms with Gasteiger partial charge in [-0.25, -0.2) is 14.0 Å². The molecule has 0 aromatic carbocycles. The summed E-state index contributed by atoms with van der Waals surface area (Å²) in [6.07, 6.45) is 5.40. The lowest BCUT2D eigenvalue weighted by Crippen LogP contribution is -2.52. The van der Waals surface area contributed by atoms with Crippen molar-refractivity contribution in [1.82, 2.24) is 20.4 Å². The molecule has 0 aromatic rings. The van der Waals surface area contributed by atoms with Crippen LogP contribution >= 0.6 is 0 Å². The number of carbonyl (C=O) groups excluding carboxylic acids is 2. The van der Waals surface area contributed by atoms with E-state index in [9.17, 15) is 9.59 Å². The second-order valence-corrected chi connectivity index (χ2v) is 11.2. The topological polar surface area (TPSA) is 102 Å². The first-order valence-electron chi connectivity index (χ1n) is 13.1. The van der Waals surface area contributed by atoms with Crippen LogP contribution in [0.25, 0.3) is 0 Å². The molecule has 37 heavy (non-hydrogen) atoms. The number of hydrogen-bond acceptors (Lipinski definition) is 9. The van der Waals surface area contributed by atoms with Crippen molar-refractivity contribution in [2.24, 2.45) is 0 Å². The molecule has 2 saturated heterocycles.